The second-order valence-electron chi connectivity index (χ2n) is 2.69. The van der Waals surface area contributed by atoms with E-state index in [-0.39, 0.29) is 12.5 Å². The molecule has 0 bridgehead atoms. The van der Waals surface area contributed by atoms with Crippen LogP contribution in [0, 0.1) is 0 Å². The van der Waals surface area contributed by atoms with Crippen molar-refractivity contribution >= 4 is 17.3 Å². The Hall–Kier alpha value is -1.55. The maximum absolute atomic E-state index is 11.0. The molecule has 0 spiro atoms. The van der Waals surface area contributed by atoms with Gasteiger partial charge in [-0.2, -0.15) is 0 Å². The number of nitrogens with zero attached hydrogens (tertiary/aromatic N) is 1. The Morgan fingerprint density at radius 2 is 1.75 bits per heavy atom. The molecule has 0 unspecified atom stereocenters. The summed E-state index contributed by atoms with van der Waals surface area (Å²) in [5.74, 6) is 5.54. The van der Waals surface area contributed by atoms with E-state index >= 15 is 0 Å². The number of carbonyl (C=O) groups excluding carboxylic acids is 1. The molecule has 4 nitrogen and oxygen atoms in total. The summed E-state index contributed by atoms with van der Waals surface area (Å²) in [4.78, 5) is 11.0. The quantitative estimate of drug-likeness (QED) is 0.664. The normalized spacial score (nSPS) is 12.3. The van der Waals surface area contributed by atoms with Crippen molar-refractivity contribution in [1.82, 2.24) is 0 Å². The highest BCUT2D eigenvalue weighted by Gasteiger charge is 2.17. The van der Waals surface area contributed by atoms with Gasteiger partial charge in [0.1, 0.15) is 6.54 Å². The molecule has 0 atom stereocenters. The average molecular weight is 223 g/mol. The van der Waals surface area contributed by atoms with E-state index in [1.54, 1.807) is 0 Å². The monoisotopic (exact) mass is 223 g/mol. The highest BCUT2D eigenvalue weighted by atomic mass is 16.2. The van der Waals surface area contributed by atoms with E-state index in [0.717, 1.165) is 11.4 Å². The van der Waals surface area contributed by atoms with E-state index in [4.69, 9.17) is 5.84 Å². The van der Waals surface area contributed by atoms with Gasteiger partial charge in [-0.15, -0.1) is 0 Å². The number of rotatable bonds is 0. The molecule has 1 aliphatic rings. The maximum atomic E-state index is 11.0. The van der Waals surface area contributed by atoms with Crippen LogP contribution in [0.5, 0.6) is 0 Å². The van der Waals surface area contributed by atoms with Crippen molar-refractivity contribution in [1.29, 1.82) is 0 Å². The van der Waals surface area contributed by atoms with Gasteiger partial charge in [0.2, 0.25) is 5.91 Å². The average Bonchev–Trinajstić information content (AvgIpc) is 2.34. The van der Waals surface area contributed by atoms with Crippen LogP contribution in [0.3, 0.4) is 0 Å². The van der Waals surface area contributed by atoms with Crippen LogP contribution in [0.1, 0.15) is 27.7 Å². The first-order valence-corrected chi connectivity index (χ1v) is 5.68. The molecule has 1 aromatic carbocycles. The van der Waals surface area contributed by atoms with Crippen molar-refractivity contribution in [2.24, 2.45) is 5.84 Å². The number of carbonyl (C=O) groups is 1. The molecule has 16 heavy (non-hydrogen) atoms. The minimum absolute atomic E-state index is 0.0730. The van der Waals surface area contributed by atoms with Gasteiger partial charge in [-0.05, 0) is 12.1 Å². The van der Waals surface area contributed by atoms with Crippen LogP contribution in [0.15, 0.2) is 24.3 Å². The second kappa shape index (κ2) is 7.70. The van der Waals surface area contributed by atoms with E-state index in [2.05, 4.69) is 5.32 Å². The third-order valence-corrected chi connectivity index (χ3v) is 1.80. The zero-order valence-corrected chi connectivity index (χ0v) is 10.4. The van der Waals surface area contributed by atoms with Crippen LogP contribution in [0.25, 0.3) is 0 Å². The standard InChI is InChI=1S/C8H9N3O.2C2H6/c9-11-5-8(12)10-6-3-1-2-4-7(6)11;2*1-2/h1-4H,5,9H2,(H,10,12);2*1-2H3. The van der Waals surface area contributed by atoms with Gasteiger partial charge >= 0.3 is 0 Å². The molecule has 1 amide bonds. The Balaban J connectivity index is 0.000000509. The Bertz CT molecular complexity index is 326. The Morgan fingerprint density at radius 3 is 2.38 bits per heavy atom. The first-order chi connectivity index (χ1) is 7.77. The van der Waals surface area contributed by atoms with Gasteiger partial charge in [0.05, 0.1) is 11.4 Å². The summed E-state index contributed by atoms with van der Waals surface area (Å²) in [5.41, 5.74) is 1.63. The van der Waals surface area contributed by atoms with Crippen LogP contribution in [0.2, 0.25) is 0 Å². The number of hydrazine groups is 1. The number of nitrogens with one attached hydrogen (secondary N) is 1. The SMILES string of the molecule is CC.CC.NN1CC(=O)Nc2ccccc21. The topological polar surface area (TPSA) is 58.4 Å². The van der Waals surface area contributed by atoms with Crippen molar-refractivity contribution in [3.05, 3.63) is 24.3 Å². The molecule has 0 radical (unpaired) electrons. The van der Waals surface area contributed by atoms with Crippen molar-refractivity contribution < 1.29 is 4.79 Å². The lowest BCUT2D eigenvalue weighted by Crippen LogP contribution is -2.42. The summed E-state index contributed by atoms with van der Waals surface area (Å²) in [7, 11) is 0. The number of para-hydroxylation sites is 2. The molecule has 90 valence electrons. The van der Waals surface area contributed by atoms with Crippen LogP contribution >= 0.6 is 0 Å². The summed E-state index contributed by atoms with van der Waals surface area (Å²) in [6, 6.07) is 7.44. The van der Waals surface area contributed by atoms with Crippen molar-refractivity contribution in [3.8, 4) is 0 Å². The molecule has 4 heteroatoms. The molecule has 1 aliphatic heterocycles. The van der Waals surface area contributed by atoms with E-state index in [0.29, 0.717) is 0 Å². The predicted molar refractivity (Wildman–Crippen MR) is 69.3 cm³/mol. The number of hydrogen-bond donors (Lipinski definition) is 2. The van der Waals surface area contributed by atoms with Gasteiger partial charge < -0.3 is 5.32 Å². The Kier molecular flexibility index (Phi) is 6.96. The number of hydrogen-bond acceptors (Lipinski definition) is 3. The summed E-state index contributed by atoms with van der Waals surface area (Å²) >= 11 is 0. The number of fused-ring (bicyclic) bond motifs is 1. The van der Waals surface area contributed by atoms with Gasteiger partial charge in [-0.25, -0.2) is 5.84 Å². The molecule has 0 saturated carbocycles. The minimum atomic E-state index is -0.0730. The molecule has 0 aromatic heterocycles. The van der Waals surface area contributed by atoms with Gasteiger partial charge in [-0.3, -0.25) is 9.80 Å². The highest BCUT2D eigenvalue weighted by Crippen LogP contribution is 2.25. The summed E-state index contributed by atoms with van der Waals surface area (Å²) in [5, 5.41) is 4.17. The lowest BCUT2D eigenvalue weighted by molar-refractivity contribution is -0.115. The van der Waals surface area contributed by atoms with Crippen LogP contribution in [0.4, 0.5) is 11.4 Å². The summed E-state index contributed by atoms with van der Waals surface area (Å²) in [6.07, 6.45) is 0. The largest absolute Gasteiger partial charge is 0.323 e. The number of nitrogens with two attached hydrogens (primary N) is 1. The highest BCUT2D eigenvalue weighted by molar-refractivity contribution is 6.00. The first kappa shape index (κ1) is 14.5. The van der Waals surface area contributed by atoms with E-state index in [1.165, 1.54) is 5.01 Å². The van der Waals surface area contributed by atoms with E-state index in [1.807, 2.05) is 52.0 Å². The first-order valence-electron chi connectivity index (χ1n) is 5.68. The van der Waals surface area contributed by atoms with Crippen LogP contribution in [-0.4, -0.2) is 12.5 Å². The van der Waals surface area contributed by atoms with Gasteiger partial charge in [0.25, 0.3) is 0 Å². The molecule has 0 aliphatic carbocycles. The molecule has 3 N–H and O–H groups in total. The fourth-order valence-electron chi connectivity index (χ4n) is 1.26. The lowest BCUT2D eigenvalue weighted by atomic mass is 10.2. The fraction of sp³-hybridized carbons (Fsp3) is 0.417. The Labute approximate surface area is 97.4 Å². The molecular formula is C12H21N3O. The van der Waals surface area contributed by atoms with Gasteiger partial charge in [0.15, 0.2) is 0 Å². The molecule has 0 saturated heterocycles. The van der Waals surface area contributed by atoms with E-state index in [9.17, 15) is 4.79 Å². The lowest BCUT2D eigenvalue weighted by Gasteiger charge is -2.26. The molecule has 1 heterocycles. The molecular weight excluding hydrogens is 202 g/mol. The van der Waals surface area contributed by atoms with Crippen LogP contribution in [-0.2, 0) is 4.79 Å². The van der Waals surface area contributed by atoms with E-state index < -0.39 is 0 Å². The zero-order chi connectivity index (χ0) is 12.6. The predicted octanol–water partition coefficient (Wildman–Crippen LogP) is 2.37. The van der Waals surface area contributed by atoms with Crippen molar-refractivity contribution in [2.45, 2.75) is 27.7 Å². The smallest absolute Gasteiger partial charge is 0.245 e. The van der Waals surface area contributed by atoms with Crippen molar-refractivity contribution in [3.63, 3.8) is 0 Å². The van der Waals surface area contributed by atoms with Gasteiger partial charge in [-0.1, -0.05) is 39.8 Å². The fourth-order valence-corrected chi connectivity index (χ4v) is 1.26. The number of anilines is 2. The number of benzene rings is 1. The maximum Gasteiger partial charge on any atom is 0.245 e. The third kappa shape index (κ3) is 3.55. The third-order valence-electron chi connectivity index (χ3n) is 1.80. The van der Waals surface area contributed by atoms with Gasteiger partial charge in [0, 0.05) is 0 Å². The molecule has 1 aromatic rings. The minimum Gasteiger partial charge on any atom is -0.323 e. The zero-order valence-electron chi connectivity index (χ0n) is 10.4. The summed E-state index contributed by atoms with van der Waals surface area (Å²) < 4.78 is 0. The number of amides is 1. The van der Waals surface area contributed by atoms with Crippen LogP contribution < -0.4 is 16.2 Å². The van der Waals surface area contributed by atoms with Crippen molar-refractivity contribution in [2.75, 3.05) is 16.9 Å². The summed E-state index contributed by atoms with van der Waals surface area (Å²) in [6.45, 7) is 8.22. The Morgan fingerprint density at radius 1 is 1.19 bits per heavy atom. The molecule has 2 rings (SSSR count). The second-order valence-corrected chi connectivity index (χ2v) is 2.69. The molecule has 0 fully saturated rings.